The molecule has 3 heteroatoms. The summed E-state index contributed by atoms with van der Waals surface area (Å²) in [6.07, 6.45) is 2.72. The molecule has 2 rings (SSSR count). The van der Waals surface area contributed by atoms with Crippen LogP contribution >= 0.6 is 0 Å². The molecule has 0 bridgehead atoms. The molecule has 0 fully saturated rings. The predicted octanol–water partition coefficient (Wildman–Crippen LogP) is 2.63. The van der Waals surface area contributed by atoms with E-state index >= 15 is 0 Å². The lowest BCUT2D eigenvalue weighted by Crippen LogP contribution is -2.08. The van der Waals surface area contributed by atoms with Gasteiger partial charge in [0.25, 0.3) is 0 Å². The molecule has 1 heterocycles. The Bertz CT molecular complexity index is 449. The van der Waals surface area contributed by atoms with Gasteiger partial charge in [-0.15, -0.1) is 0 Å². The lowest BCUT2D eigenvalue weighted by molar-refractivity contribution is 0.995. The molecule has 0 spiro atoms. The molecule has 0 saturated heterocycles. The number of pyridine rings is 1. The monoisotopic (exact) mass is 227 g/mol. The zero-order valence-electron chi connectivity index (χ0n) is 9.98. The number of nitrogens with zero attached hydrogens (tertiary/aromatic N) is 1. The Morgan fingerprint density at radius 3 is 2.76 bits per heavy atom. The smallest absolute Gasteiger partial charge is 0.149 e. The van der Waals surface area contributed by atoms with Crippen LogP contribution in [0.5, 0.6) is 0 Å². The minimum atomic E-state index is 0.692. The Balaban J connectivity index is 1.93. The number of aryl methyl sites for hydroxylation is 1. The van der Waals surface area contributed by atoms with Gasteiger partial charge in [-0.05, 0) is 36.6 Å². The zero-order valence-corrected chi connectivity index (χ0v) is 9.98. The Morgan fingerprint density at radius 2 is 2.00 bits per heavy atom. The first-order valence-corrected chi connectivity index (χ1v) is 5.76. The first-order chi connectivity index (χ1) is 8.27. The second-order valence-electron chi connectivity index (χ2n) is 4.04. The lowest BCUT2D eigenvalue weighted by Gasteiger charge is -2.09. The number of nitrogen functional groups attached to an aromatic ring is 1. The van der Waals surface area contributed by atoms with Gasteiger partial charge in [-0.2, -0.15) is 0 Å². The van der Waals surface area contributed by atoms with Gasteiger partial charge in [-0.1, -0.05) is 24.3 Å². The quantitative estimate of drug-likeness (QED) is 0.844. The molecule has 3 nitrogen and oxygen atoms in total. The summed E-state index contributed by atoms with van der Waals surface area (Å²) < 4.78 is 0. The summed E-state index contributed by atoms with van der Waals surface area (Å²) >= 11 is 0. The second-order valence-corrected chi connectivity index (χ2v) is 4.04. The standard InChI is InChI=1S/C14H17N3/c1-11-5-2-3-6-12(11)8-10-17-14-13(15)7-4-9-16-14/h2-7,9H,8,10,15H2,1H3,(H,16,17). The molecular formula is C14H17N3. The Kier molecular flexibility index (Phi) is 3.60. The van der Waals surface area contributed by atoms with Gasteiger partial charge in [0, 0.05) is 12.7 Å². The Labute approximate surface area is 102 Å². The van der Waals surface area contributed by atoms with Crippen LogP contribution in [0.2, 0.25) is 0 Å². The fourth-order valence-corrected chi connectivity index (χ4v) is 1.77. The van der Waals surface area contributed by atoms with Gasteiger partial charge in [0.2, 0.25) is 0 Å². The van der Waals surface area contributed by atoms with Crippen molar-refractivity contribution in [1.29, 1.82) is 0 Å². The van der Waals surface area contributed by atoms with Gasteiger partial charge in [0.15, 0.2) is 0 Å². The van der Waals surface area contributed by atoms with E-state index in [-0.39, 0.29) is 0 Å². The molecule has 0 atom stereocenters. The van der Waals surface area contributed by atoms with Crippen molar-refractivity contribution in [2.75, 3.05) is 17.6 Å². The lowest BCUT2D eigenvalue weighted by atomic mass is 10.1. The molecule has 0 aliphatic rings. The van der Waals surface area contributed by atoms with Crippen molar-refractivity contribution in [1.82, 2.24) is 4.98 Å². The van der Waals surface area contributed by atoms with E-state index in [2.05, 4.69) is 41.5 Å². The molecule has 2 aromatic rings. The van der Waals surface area contributed by atoms with Crippen LogP contribution in [0.3, 0.4) is 0 Å². The molecule has 3 N–H and O–H groups in total. The highest BCUT2D eigenvalue weighted by Gasteiger charge is 1.99. The van der Waals surface area contributed by atoms with E-state index in [1.165, 1.54) is 11.1 Å². The van der Waals surface area contributed by atoms with Crippen molar-refractivity contribution >= 4 is 11.5 Å². The third-order valence-corrected chi connectivity index (χ3v) is 2.79. The summed E-state index contributed by atoms with van der Waals surface area (Å²) in [5, 5.41) is 3.25. The third-order valence-electron chi connectivity index (χ3n) is 2.79. The molecule has 0 saturated carbocycles. The van der Waals surface area contributed by atoms with Crippen molar-refractivity contribution in [3.05, 3.63) is 53.7 Å². The van der Waals surface area contributed by atoms with Crippen molar-refractivity contribution in [3.8, 4) is 0 Å². The number of benzene rings is 1. The maximum atomic E-state index is 5.80. The highest BCUT2D eigenvalue weighted by Crippen LogP contribution is 2.13. The average molecular weight is 227 g/mol. The van der Waals surface area contributed by atoms with Gasteiger partial charge >= 0.3 is 0 Å². The van der Waals surface area contributed by atoms with Crippen LogP contribution in [0.1, 0.15) is 11.1 Å². The molecule has 17 heavy (non-hydrogen) atoms. The van der Waals surface area contributed by atoms with E-state index in [1.807, 2.05) is 12.1 Å². The summed E-state index contributed by atoms with van der Waals surface area (Å²) in [6, 6.07) is 12.1. The van der Waals surface area contributed by atoms with Crippen molar-refractivity contribution in [2.24, 2.45) is 0 Å². The summed E-state index contributed by atoms with van der Waals surface area (Å²) in [5.74, 6) is 0.765. The van der Waals surface area contributed by atoms with Gasteiger partial charge in [-0.3, -0.25) is 0 Å². The van der Waals surface area contributed by atoms with Crippen molar-refractivity contribution in [3.63, 3.8) is 0 Å². The van der Waals surface area contributed by atoms with Crippen LogP contribution in [0.4, 0.5) is 11.5 Å². The largest absolute Gasteiger partial charge is 0.396 e. The van der Waals surface area contributed by atoms with Crippen molar-refractivity contribution < 1.29 is 0 Å². The van der Waals surface area contributed by atoms with Gasteiger partial charge < -0.3 is 11.1 Å². The van der Waals surface area contributed by atoms with Gasteiger partial charge in [0.05, 0.1) is 5.69 Å². The number of aromatic nitrogens is 1. The molecule has 0 aliphatic heterocycles. The highest BCUT2D eigenvalue weighted by atomic mass is 15.0. The Morgan fingerprint density at radius 1 is 1.18 bits per heavy atom. The summed E-state index contributed by atoms with van der Waals surface area (Å²) in [5.41, 5.74) is 9.18. The number of rotatable bonds is 4. The third kappa shape index (κ3) is 2.97. The fraction of sp³-hybridized carbons (Fsp3) is 0.214. The van der Waals surface area contributed by atoms with Crippen molar-refractivity contribution in [2.45, 2.75) is 13.3 Å². The summed E-state index contributed by atoms with van der Waals surface area (Å²) in [7, 11) is 0. The maximum absolute atomic E-state index is 5.80. The van der Waals surface area contributed by atoms with E-state index in [1.54, 1.807) is 6.20 Å². The number of nitrogens with one attached hydrogen (secondary N) is 1. The summed E-state index contributed by atoms with van der Waals surface area (Å²) in [6.45, 7) is 2.97. The SMILES string of the molecule is Cc1ccccc1CCNc1ncccc1N. The van der Waals surface area contributed by atoms with Gasteiger partial charge in [-0.25, -0.2) is 4.98 Å². The Hall–Kier alpha value is -2.03. The number of hydrogen-bond acceptors (Lipinski definition) is 3. The molecular weight excluding hydrogens is 210 g/mol. The second kappa shape index (κ2) is 5.34. The first-order valence-electron chi connectivity index (χ1n) is 5.76. The molecule has 0 unspecified atom stereocenters. The molecule has 1 aromatic carbocycles. The molecule has 0 amide bonds. The molecule has 0 radical (unpaired) electrons. The van der Waals surface area contributed by atoms with Crippen LogP contribution in [0.25, 0.3) is 0 Å². The van der Waals surface area contributed by atoms with E-state index < -0.39 is 0 Å². The minimum Gasteiger partial charge on any atom is -0.396 e. The van der Waals surface area contributed by atoms with Crippen LogP contribution in [0, 0.1) is 6.92 Å². The minimum absolute atomic E-state index is 0.692. The topological polar surface area (TPSA) is 50.9 Å². The van der Waals surface area contributed by atoms with Crippen LogP contribution < -0.4 is 11.1 Å². The number of nitrogens with two attached hydrogens (primary N) is 1. The zero-order chi connectivity index (χ0) is 12.1. The number of hydrogen-bond donors (Lipinski definition) is 2. The highest BCUT2D eigenvalue weighted by molar-refractivity contribution is 5.60. The maximum Gasteiger partial charge on any atom is 0.149 e. The first kappa shape index (κ1) is 11.5. The normalized spacial score (nSPS) is 10.2. The predicted molar refractivity (Wildman–Crippen MR) is 72.0 cm³/mol. The van der Waals surface area contributed by atoms with E-state index in [4.69, 9.17) is 5.73 Å². The number of anilines is 2. The van der Waals surface area contributed by atoms with Crippen LogP contribution in [-0.4, -0.2) is 11.5 Å². The van der Waals surface area contributed by atoms with Crippen LogP contribution in [-0.2, 0) is 6.42 Å². The van der Waals surface area contributed by atoms with Crippen LogP contribution in [0.15, 0.2) is 42.6 Å². The van der Waals surface area contributed by atoms with Gasteiger partial charge in [0.1, 0.15) is 5.82 Å². The van der Waals surface area contributed by atoms with E-state index in [0.717, 1.165) is 18.8 Å². The molecule has 1 aromatic heterocycles. The summed E-state index contributed by atoms with van der Waals surface area (Å²) in [4.78, 5) is 4.20. The molecule has 88 valence electrons. The van der Waals surface area contributed by atoms with E-state index in [9.17, 15) is 0 Å². The fourth-order valence-electron chi connectivity index (χ4n) is 1.77. The average Bonchev–Trinajstić information content (AvgIpc) is 2.34. The van der Waals surface area contributed by atoms with E-state index in [0.29, 0.717) is 5.69 Å². The molecule has 0 aliphatic carbocycles.